The van der Waals surface area contributed by atoms with Gasteiger partial charge in [0.1, 0.15) is 11.9 Å². The maximum atomic E-state index is 14.4. The molecule has 56 heavy (non-hydrogen) atoms. The van der Waals surface area contributed by atoms with Crippen LogP contribution < -0.4 is 5.32 Å². The Balaban J connectivity index is 1.24. The number of nitrogens with one attached hydrogen (secondary N) is 1. The van der Waals surface area contributed by atoms with Gasteiger partial charge in [0.15, 0.2) is 17.4 Å². The van der Waals surface area contributed by atoms with Crippen molar-refractivity contribution in [3.05, 3.63) is 35.2 Å². The molecule has 306 valence electrons. The number of ether oxygens (including phenoxy) is 1. The van der Waals surface area contributed by atoms with Gasteiger partial charge in [0, 0.05) is 24.9 Å². The fourth-order valence-electron chi connectivity index (χ4n) is 13.4. The van der Waals surface area contributed by atoms with Crippen LogP contribution in [-0.2, 0) is 31.1 Å². The van der Waals surface area contributed by atoms with Gasteiger partial charge in [0.25, 0.3) is 0 Å². The van der Waals surface area contributed by atoms with Gasteiger partial charge in [-0.15, -0.1) is 10.2 Å². The Morgan fingerprint density at radius 1 is 0.982 bits per heavy atom. The number of carbonyl (C=O) groups is 3. The summed E-state index contributed by atoms with van der Waals surface area (Å²) in [5, 5.41) is 22.5. The molecule has 11 nitrogen and oxygen atoms in total. The number of ketones is 1. The average Bonchev–Trinajstić information content (AvgIpc) is 3.68. The van der Waals surface area contributed by atoms with Crippen LogP contribution in [0.2, 0.25) is 0 Å². The summed E-state index contributed by atoms with van der Waals surface area (Å²) in [6.45, 7) is 20.8. The maximum absolute atomic E-state index is 14.4. The van der Waals surface area contributed by atoms with Crippen LogP contribution in [0.5, 0.6) is 0 Å². The summed E-state index contributed by atoms with van der Waals surface area (Å²) in [7, 11) is 1.90. The predicted octanol–water partition coefficient (Wildman–Crippen LogP) is 7.74. The fraction of sp³-hybridized carbons (Fsp3) is 0.750. The third kappa shape index (κ3) is 5.92. The Morgan fingerprint density at radius 3 is 2.32 bits per heavy atom. The Hall–Kier alpha value is -3.54. The standard InChI is InChI=1S/C44H63FN6O5/c1-25(2)33-28(52)21-44(37-50-49-36(51(37)20-19-46-10)35-47-23-26(45)24-48-35)18-17-42(8)27(34(33)44)11-12-30-41(7)15-14-31(56-32(53)22-39(3,4)38(54)55)40(5,6)29(41)13-16-43(30,42)9/h23-25,27,29-31,46H,11-22H2,1-10H3,(H,54,55)/t27-,29+,30-,31+,41+,42-,43-,44-/m1/s1. The maximum Gasteiger partial charge on any atom is 0.309 e. The number of fused-ring (bicyclic) bond motifs is 7. The number of likely N-dealkylation sites (N-methyl/N-ethyl adjacent to an activating group) is 1. The lowest BCUT2D eigenvalue weighted by atomic mass is 9.33. The van der Waals surface area contributed by atoms with Crippen LogP contribution in [0.15, 0.2) is 23.5 Å². The first-order valence-electron chi connectivity index (χ1n) is 20.9. The van der Waals surface area contributed by atoms with E-state index in [4.69, 9.17) is 9.84 Å². The van der Waals surface area contributed by atoms with E-state index in [1.807, 2.05) is 7.05 Å². The Labute approximate surface area is 331 Å². The van der Waals surface area contributed by atoms with Gasteiger partial charge in [0.2, 0.25) is 5.82 Å². The zero-order valence-corrected chi connectivity index (χ0v) is 35.2. The molecule has 0 spiro atoms. The van der Waals surface area contributed by atoms with Crippen LogP contribution in [-0.4, -0.2) is 67.3 Å². The van der Waals surface area contributed by atoms with Crippen molar-refractivity contribution in [1.82, 2.24) is 30.0 Å². The summed E-state index contributed by atoms with van der Waals surface area (Å²) in [6.07, 6.45) is 9.84. The number of allylic oxidation sites excluding steroid dienone is 2. The van der Waals surface area contributed by atoms with Crippen molar-refractivity contribution in [1.29, 1.82) is 0 Å². The molecule has 0 aliphatic heterocycles. The summed E-state index contributed by atoms with van der Waals surface area (Å²) in [6, 6.07) is 0. The molecule has 12 heteroatoms. The van der Waals surface area contributed by atoms with Crippen molar-refractivity contribution in [2.45, 2.75) is 145 Å². The highest BCUT2D eigenvalue weighted by Crippen LogP contribution is 2.76. The minimum atomic E-state index is -1.18. The number of carbonyl (C=O) groups excluding carboxylic acids is 2. The van der Waals surface area contributed by atoms with Gasteiger partial charge in [-0.25, -0.2) is 14.4 Å². The molecule has 5 aliphatic carbocycles. The fourth-order valence-corrected chi connectivity index (χ4v) is 13.4. The lowest BCUT2D eigenvalue weighted by Gasteiger charge is -2.72. The van der Waals surface area contributed by atoms with Crippen LogP contribution in [0.25, 0.3) is 11.6 Å². The minimum absolute atomic E-state index is 0.00603. The summed E-state index contributed by atoms with van der Waals surface area (Å²) in [5.74, 6) is 0.906. The molecule has 0 saturated heterocycles. The molecule has 0 aromatic carbocycles. The minimum Gasteiger partial charge on any atom is -0.481 e. The van der Waals surface area contributed by atoms with Crippen molar-refractivity contribution in [3.8, 4) is 11.6 Å². The van der Waals surface area contributed by atoms with E-state index < -0.39 is 28.6 Å². The average molecular weight is 775 g/mol. The van der Waals surface area contributed by atoms with Gasteiger partial charge >= 0.3 is 11.9 Å². The van der Waals surface area contributed by atoms with Crippen molar-refractivity contribution < 1.29 is 28.6 Å². The van der Waals surface area contributed by atoms with E-state index in [0.29, 0.717) is 43.0 Å². The molecule has 0 unspecified atom stereocenters. The highest BCUT2D eigenvalue weighted by Gasteiger charge is 2.71. The lowest BCUT2D eigenvalue weighted by molar-refractivity contribution is -0.232. The van der Waals surface area contributed by atoms with E-state index in [0.717, 1.165) is 75.2 Å². The van der Waals surface area contributed by atoms with Gasteiger partial charge in [-0.2, -0.15) is 0 Å². The second kappa shape index (κ2) is 13.8. The van der Waals surface area contributed by atoms with Crippen molar-refractivity contribution >= 4 is 17.7 Å². The molecule has 2 N–H and O–H groups in total. The second-order valence-electron chi connectivity index (χ2n) is 20.3. The normalized spacial score (nSPS) is 35.1. The van der Waals surface area contributed by atoms with E-state index in [2.05, 4.69) is 73.4 Å². The van der Waals surface area contributed by atoms with Crippen molar-refractivity contribution in [3.63, 3.8) is 0 Å². The number of esters is 1. The predicted molar refractivity (Wildman–Crippen MR) is 210 cm³/mol. The highest BCUT2D eigenvalue weighted by molar-refractivity contribution is 6.01. The van der Waals surface area contributed by atoms with E-state index in [-0.39, 0.29) is 51.8 Å². The van der Waals surface area contributed by atoms with Crippen LogP contribution >= 0.6 is 0 Å². The van der Waals surface area contributed by atoms with Crippen LogP contribution in [0.4, 0.5) is 4.39 Å². The Bertz CT molecular complexity index is 1940. The third-order valence-electron chi connectivity index (χ3n) is 16.4. The largest absolute Gasteiger partial charge is 0.481 e. The molecule has 8 atom stereocenters. The van der Waals surface area contributed by atoms with Gasteiger partial charge in [-0.3, -0.25) is 14.4 Å². The number of carboxylic acid groups (broad SMARTS) is 1. The topological polar surface area (TPSA) is 149 Å². The van der Waals surface area contributed by atoms with Crippen LogP contribution in [0.1, 0.15) is 132 Å². The first-order valence-corrected chi connectivity index (χ1v) is 20.9. The van der Waals surface area contributed by atoms with E-state index in [1.165, 1.54) is 5.57 Å². The molecule has 0 amide bonds. The number of hydrogen-bond acceptors (Lipinski definition) is 9. The van der Waals surface area contributed by atoms with Crippen LogP contribution in [0, 0.1) is 56.6 Å². The molecule has 4 fully saturated rings. The third-order valence-corrected chi connectivity index (χ3v) is 16.4. The monoisotopic (exact) mass is 774 g/mol. The quantitative estimate of drug-likeness (QED) is 0.230. The first-order chi connectivity index (χ1) is 26.2. The molecule has 5 aliphatic rings. The summed E-state index contributed by atoms with van der Waals surface area (Å²) in [4.78, 5) is 47.9. The number of Topliss-reactive ketones (excluding diaryl/α,β-unsaturated/α-hetero) is 1. The number of carboxylic acids is 1. The Kier molecular flexibility index (Phi) is 10.0. The van der Waals surface area contributed by atoms with Gasteiger partial charge in [-0.05, 0) is 123 Å². The first kappa shape index (κ1) is 40.6. The van der Waals surface area contributed by atoms with Crippen LogP contribution in [0.3, 0.4) is 0 Å². The molecule has 0 radical (unpaired) electrons. The number of aromatic nitrogens is 5. The number of hydrogen-bond donors (Lipinski definition) is 2. The molecular weight excluding hydrogens is 712 g/mol. The van der Waals surface area contributed by atoms with E-state index in [9.17, 15) is 23.9 Å². The SMILES string of the molecule is CNCCn1c(-c2ncc(F)cn2)nnc1[C@@]12CC[C@]3(C)[C@H](CC[C@@H]4[C@@]5(C)CC[C@H](OC(=O)CC(C)(C)C(=O)O)C(C)(C)[C@@H]5CC[C@]43C)C1=C(C(C)C)C(=O)C2. The van der Waals surface area contributed by atoms with Gasteiger partial charge < -0.3 is 19.7 Å². The molecule has 4 saturated carbocycles. The second-order valence-corrected chi connectivity index (χ2v) is 20.3. The molecule has 0 bridgehead atoms. The Morgan fingerprint density at radius 2 is 1.68 bits per heavy atom. The van der Waals surface area contributed by atoms with E-state index >= 15 is 0 Å². The zero-order valence-electron chi connectivity index (χ0n) is 35.2. The number of rotatable bonds is 10. The molecule has 2 aromatic rings. The van der Waals surface area contributed by atoms with Gasteiger partial charge in [-0.1, -0.05) is 48.5 Å². The molecule has 7 rings (SSSR count). The number of halogens is 1. The molecular formula is C44H63FN6O5. The smallest absolute Gasteiger partial charge is 0.309 e. The van der Waals surface area contributed by atoms with Gasteiger partial charge in [0.05, 0.1) is 29.6 Å². The van der Waals surface area contributed by atoms with Crippen molar-refractivity contribution in [2.24, 2.45) is 50.7 Å². The molecule has 2 aromatic heterocycles. The van der Waals surface area contributed by atoms with E-state index in [1.54, 1.807) is 13.8 Å². The summed E-state index contributed by atoms with van der Waals surface area (Å²) in [5.41, 5.74) is 0.172. The molecule has 2 heterocycles. The summed E-state index contributed by atoms with van der Waals surface area (Å²) >= 11 is 0. The number of nitrogens with zero attached hydrogens (tertiary/aromatic N) is 5. The number of aliphatic carboxylic acids is 1. The lowest BCUT2D eigenvalue weighted by Crippen LogP contribution is -2.66. The van der Waals surface area contributed by atoms with Crippen molar-refractivity contribution in [2.75, 3.05) is 13.6 Å². The zero-order chi connectivity index (χ0) is 40.8. The highest BCUT2D eigenvalue weighted by atomic mass is 19.1. The summed E-state index contributed by atoms with van der Waals surface area (Å²) < 4.78 is 22.2.